The van der Waals surface area contributed by atoms with Crippen molar-refractivity contribution >= 4 is 11.5 Å². The van der Waals surface area contributed by atoms with Gasteiger partial charge in [-0.05, 0) is 26.0 Å². The van der Waals surface area contributed by atoms with Gasteiger partial charge in [0.25, 0.3) is 11.3 Å². The first kappa shape index (κ1) is 14.1. The van der Waals surface area contributed by atoms with Crippen LogP contribution in [0.15, 0.2) is 29.1 Å². The summed E-state index contributed by atoms with van der Waals surface area (Å²) in [5.74, 6) is 1.76. The molecule has 1 aromatic carbocycles. The second-order valence-corrected chi connectivity index (χ2v) is 4.99. The maximum atomic E-state index is 12.1. The van der Waals surface area contributed by atoms with E-state index >= 15 is 0 Å². The third-order valence-corrected chi connectivity index (χ3v) is 3.56. The van der Waals surface area contributed by atoms with Crippen molar-refractivity contribution in [2.24, 2.45) is 0 Å². The summed E-state index contributed by atoms with van der Waals surface area (Å²) in [6.45, 7) is 3.99. The molecule has 0 unspecified atom stereocenters. The number of methoxy groups -OCH3 is 1. The molecule has 0 bridgehead atoms. The van der Waals surface area contributed by atoms with Crippen molar-refractivity contribution in [3.63, 3.8) is 0 Å². The molecule has 2 heterocycles. The predicted molar refractivity (Wildman–Crippen MR) is 83.4 cm³/mol. The van der Waals surface area contributed by atoms with Crippen molar-refractivity contribution in [2.45, 2.75) is 20.4 Å². The van der Waals surface area contributed by atoms with E-state index in [0.29, 0.717) is 29.4 Å². The third kappa shape index (κ3) is 2.41. The Labute approximate surface area is 127 Å². The van der Waals surface area contributed by atoms with Crippen LogP contribution in [0, 0.1) is 13.8 Å². The summed E-state index contributed by atoms with van der Waals surface area (Å²) >= 11 is 0. The number of benzene rings is 1. The Balaban J connectivity index is 1.89. The van der Waals surface area contributed by atoms with Gasteiger partial charge in [0.15, 0.2) is 0 Å². The number of para-hydroxylation sites is 2. The average molecular weight is 299 g/mol. The Morgan fingerprint density at radius 2 is 2.05 bits per heavy atom. The molecule has 3 aromatic rings. The number of H-pyrrole nitrogens is 1. The van der Waals surface area contributed by atoms with Crippen molar-refractivity contribution in [3.8, 4) is 5.75 Å². The molecule has 0 saturated heterocycles. The highest BCUT2D eigenvalue weighted by atomic mass is 16.5. The monoisotopic (exact) mass is 299 g/mol. The van der Waals surface area contributed by atoms with Crippen molar-refractivity contribution in [1.82, 2.24) is 19.6 Å². The molecule has 0 aliphatic rings. The van der Waals surface area contributed by atoms with Gasteiger partial charge in [-0.3, -0.25) is 9.89 Å². The number of hydrogen-bond acceptors (Lipinski definition) is 5. The van der Waals surface area contributed by atoms with Crippen molar-refractivity contribution in [1.29, 1.82) is 0 Å². The zero-order valence-electron chi connectivity index (χ0n) is 12.7. The molecule has 0 radical (unpaired) electrons. The Bertz CT molecular complexity index is 881. The zero-order chi connectivity index (χ0) is 15.7. The number of fused-ring (bicyclic) bond motifs is 1. The number of aromatic nitrogens is 4. The van der Waals surface area contributed by atoms with E-state index in [0.717, 1.165) is 11.4 Å². The number of nitrogens with one attached hydrogen (secondary N) is 2. The van der Waals surface area contributed by atoms with Gasteiger partial charge in [0.2, 0.25) is 0 Å². The van der Waals surface area contributed by atoms with Gasteiger partial charge in [-0.25, -0.2) is 4.98 Å². The highest BCUT2D eigenvalue weighted by molar-refractivity contribution is 5.56. The van der Waals surface area contributed by atoms with E-state index in [9.17, 15) is 4.79 Å². The quantitative estimate of drug-likeness (QED) is 0.765. The Morgan fingerprint density at radius 1 is 1.27 bits per heavy atom. The molecule has 3 rings (SSSR count). The molecule has 7 heteroatoms. The molecule has 0 amide bonds. The van der Waals surface area contributed by atoms with Crippen LogP contribution < -0.4 is 15.6 Å². The third-order valence-electron chi connectivity index (χ3n) is 3.56. The van der Waals surface area contributed by atoms with E-state index in [1.54, 1.807) is 21.0 Å². The fourth-order valence-corrected chi connectivity index (χ4v) is 2.20. The maximum Gasteiger partial charge on any atom is 0.277 e. The number of ether oxygens (including phenoxy) is 1. The molecule has 0 aliphatic heterocycles. The van der Waals surface area contributed by atoms with E-state index in [1.165, 1.54) is 4.52 Å². The van der Waals surface area contributed by atoms with Crippen LogP contribution in [0.25, 0.3) is 5.78 Å². The van der Waals surface area contributed by atoms with Gasteiger partial charge in [-0.1, -0.05) is 12.1 Å². The van der Waals surface area contributed by atoms with Gasteiger partial charge in [-0.15, -0.1) is 0 Å². The summed E-state index contributed by atoms with van der Waals surface area (Å²) in [4.78, 5) is 20.8. The van der Waals surface area contributed by atoms with E-state index in [1.807, 2.05) is 24.3 Å². The van der Waals surface area contributed by atoms with Crippen LogP contribution >= 0.6 is 0 Å². The molecule has 2 N–H and O–H groups in total. The zero-order valence-corrected chi connectivity index (χ0v) is 12.7. The highest BCUT2D eigenvalue weighted by Gasteiger charge is 2.10. The number of aromatic amines is 1. The minimum atomic E-state index is -0.126. The van der Waals surface area contributed by atoms with Crippen molar-refractivity contribution < 1.29 is 4.74 Å². The first-order valence-corrected chi connectivity index (χ1v) is 6.92. The van der Waals surface area contributed by atoms with Crippen LogP contribution in [0.2, 0.25) is 0 Å². The minimum absolute atomic E-state index is 0.126. The van der Waals surface area contributed by atoms with E-state index in [-0.39, 0.29) is 5.56 Å². The first-order chi connectivity index (χ1) is 10.6. The molecule has 114 valence electrons. The number of rotatable bonds is 4. The second kappa shape index (κ2) is 5.51. The molecule has 0 aliphatic carbocycles. The molecule has 0 fully saturated rings. The Hall–Kier alpha value is -2.83. The Kier molecular flexibility index (Phi) is 3.54. The summed E-state index contributed by atoms with van der Waals surface area (Å²) in [6, 6.07) is 7.61. The molecule has 2 aromatic heterocycles. The predicted octanol–water partition coefficient (Wildman–Crippen LogP) is 1.66. The smallest absolute Gasteiger partial charge is 0.277 e. The SMILES string of the molecule is COc1ccccc1NCc1nc2nc(C)c(C)c(=O)n2[nH]1. The fraction of sp³-hybridized carbons (Fsp3) is 0.267. The first-order valence-electron chi connectivity index (χ1n) is 6.92. The van der Waals surface area contributed by atoms with Gasteiger partial charge in [0.1, 0.15) is 11.6 Å². The van der Waals surface area contributed by atoms with E-state index < -0.39 is 0 Å². The van der Waals surface area contributed by atoms with Gasteiger partial charge >= 0.3 is 0 Å². The van der Waals surface area contributed by atoms with Crippen LogP contribution in [0.4, 0.5) is 5.69 Å². The molecular formula is C15H17N5O2. The van der Waals surface area contributed by atoms with Crippen LogP contribution in [0.3, 0.4) is 0 Å². The molecule has 0 saturated carbocycles. The molecule has 22 heavy (non-hydrogen) atoms. The number of nitrogens with zero attached hydrogens (tertiary/aromatic N) is 3. The van der Waals surface area contributed by atoms with Crippen molar-refractivity contribution in [3.05, 3.63) is 51.7 Å². The molecule has 7 nitrogen and oxygen atoms in total. The highest BCUT2D eigenvalue weighted by Crippen LogP contribution is 2.23. The summed E-state index contributed by atoms with van der Waals surface area (Å²) in [5, 5.41) is 6.20. The summed E-state index contributed by atoms with van der Waals surface area (Å²) in [7, 11) is 1.62. The van der Waals surface area contributed by atoms with Crippen LogP contribution in [-0.2, 0) is 6.54 Å². The van der Waals surface area contributed by atoms with E-state index in [4.69, 9.17) is 4.74 Å². The number of hydrogen-bond donors (Lipinski definition) is 2. The average Bonchev–Trinajstić information content (AvgIpc) is 2.94. The number of anilines is 1. The van der Waals surface area contributed by atoms with Gasteiger partial charge < -0.3 is 10.1 Å². The lowest BCUT2D eigenvalue weighted by Gasteiger charge is -2.09. The van der Waals surface area contributed by atoms with Gasteiger partial charge in [-0.2, -0.15) is 9.50 Å². The summed E-state index contributed by atoms with van der Waals surface area (Å²) in [6.07, 6.45) is 0. The van der Waals surface area contributed by atoms with E-state index in [2.05, 4.69) is 20.4 Å². The molecule has 0 spiro atoms. The normalized spacial score (nSPS) is 10.9. The lowest BCUT2D eigenvalue weighted by atomic mass is 10.3. The standard InChI is InChI=1S/C15H17N5O2/c1-9-10(2)17-15-18-13(19-20(15)14(9)21)8-16-11-6-4-5-7-12(11)22-3/h4-7,16H,8H2,1-3H3,(H,17,18,19). The maximum absolute atomic E-state index is 12.1. The second-order valence-electron chi connectivity index (χ2n) is 4.99. The lowest BCUT2D eigenvalue weighted by molar-refractivity contribution is 0.416. The largest absolute Gasteiger partial charge is 0.495 e. The minimum Gasteiger partial charge on any atom is -0.495 e. The van der Waals surface area contributed by atoms with Gasteiger partial charge in [0.05, 0.1) is 19.3 Å². The topological polar surface area (TPSA) is 84.3 Å². The van der Waals surface area contributed by atoms with Crippen LogP contribution in [-0.4, -0.2) is 26.7 Å². The summed E-state index contributed by atoms with van der Waals surface area (Å²) in [5.41, 5.74) is 2.04. The lowest BCUT2D eigenvalue weighted by Crippen LogP contribution is -2.19. The van der Waals surface area contributed by atoms with Crippen molar-refractivity contribution in [2.75, 3.05) is 12.4 Å². The van der Waals surface area contributed by atoms with Crippen LogP contribution in [0.1, 0.15) is 17.1 Å². The molecule has 0 atom stereocenters. The Morgan fingerprint density at radius 3 is 2.82 bits per heavy atom. The fourth-order valence-electron chi connectivity index (χ4n) is 2.20. The molecular weight excluding hydrogens is 282 g/mol. The van der Waals surface area contributed by atoms with Gasteiger partial charge in [0, 0.05) is 11.3 Å². The number of aryl methyl sites for hydroxylation is 1. The summed E-state index contributed by atoms with van der Waals surface area (Å²) < 4.78 is 6.65. The van der Waals surface area contributed by atoms with Crippen LogP contribution in [0.5, 0.6) is 5.75 Å².